The normalized spacial score (nSPS) is 11.0. The fourth-order valence-corrected chi connectivity index (χ4v) is 2.71. The first-order chi connectivity index (χ1) is 10.5. The third-order valence-electron chi connectivity index (χ3n) is 3.18. The van der Waals surface area contributed by atoms with E-state index in [1.807, 2.05) is 42.8 Å². The average Bonchev–Trinajstić information content (AvgIpc) is 2.80. The SMILES string of the molecule is Cc1ccc(NC(=O)CSc2nnc(CC(C)C)n2C)cc1. The van der Waals surface area contributed by atoms with Crippen molar-refractivity contribution < 1.29 is 4.79 Å². The molecule has 0 aliphatic rings. The highest BCUT2D eigenvalue weighted by atomic mass is 32.2. The fraction of sp³-hybridized carbons (Fsp3) is 0.438. The van der Waals surface area contributed by atoms with Gasteiger partial charge in [0.05, 0.1) is 5.75 Å². The third kappa shape index (κ3) is 4.59. The number of hydrogen-bond donors (Lipinski definition) is 1. The maximum Gasteiger partial charge on any atom is 0.234 e. The largest absolute Gasteiger partial charge is 0.325 e. The van der Waals surface area contributed by atoms with Gasteiger partial charge in [-0.3, -0.25) is 4.79 Å². The molecule has 6 heteroatoms. The second kappa shape index (κ2) is 7.45. The van der Waals surface area contributed by atoms with Crippen LogP contribution in [0.4, 0.5) is 5.69 Å². The molecule has 2 aromatic rings. The van der Waals surface area contributed by atoms with Crippen LogP contribution in [0.15, 0.2) is 29.4 Å². The summed E-state index contributed by atoms with van der Waals surface area (Å²) < 4.78 is 1.96. The predicted molar refractivity (Wildman–Crippen MR) is 90.1 cm³/mol. The summed E-state index contributed by atoms with van der Waals surface area (Å²) >= 11 is 1.40. The molecule has 2 rings (SSSR count). The van der Waals surface area contributed by atoms with Crippen molar-refractivity contribution in [1.29, 1.82) is 0 Å². The molecular weight excluding hydrogens is 296 g/mol. The predicted octanol–water partition coefficient (Wildman–Crippen LogP) is 3.05. The molecule has 0 aliphatic heterocycles. The molecule has 0 atom stereocenters. The Bertz CT molecular complexity index is 634. The van der Waals surface area contributed by atoms with Crippen LogP contribution < -0.4 is 5.32 Å². The Morgan fingerprint density at radius 2 is 1.95 bits per heavy atom. The molecule has 0 fully saturated rings. The fourth-order valence-electron chi connectivity index (χ4n) is 1.98. The molecule has 1 aromatic heterocycles. The zero-order valence-corrected chi connectivity index (χ0v) is 14.3. The van der Waals surface area contributed by atoms with Gasteiger partial charge < -0.3 is 9.88 Å². The van der Waals surface area contributed by atoms with Crippen LogP contribution in [0.1, 0.15) is 25.2 Å². The summed E-state index contributed by atoms with van der Waals surface area (Å²) in [6.45, 7) is 6.32. The van der Waals surface area contributed by atoms with Crippen molar-refractivity contribution in [3.63, 3.8) is 0 Å². The Kier molecular flexibility index (Phi) is 5.60. The molecular formula is C16H22N4OS. The highest BCUT2D eigenvalue weighted by Gasteiger charge is 2.12. The van der Waals surface area contributed by atoms with E-state index in [2.05, 4.69) is 29.4 Å². The van der Waals surface area contributed by atoms with Crippen molar-refractivity contribution in [3.8, 4) is 0 Å². The van der Waals surface area contributed by atoms with E-state index in [9.17, 15) is 4.79 Å². The topological polar surface area (TPSA) is 59.8 Å². The number of carbonyl (C=O) groups is 1. The number of rotatable bonds is 6. The molecule has 0 saturated carbocycles. The Labute approximate surface area is 135 Å². The van der Waals surface area contributed by atoms with Crippen LogP contribution in [0.5, 0.6) is 0 Å². The lowest BCUT2D eigenvalue weighted by molar-refractivity contribution is -0.113. The summed E-state index contributed by atoms with van der Waals surface area (Å²) in [5.41, 5.74) is 1.99. The molecule has 0 radical (unpaired) electrons. The average molecular weight is 318 g/mol. The van der Waals surface area contributed by atoms with Crippen molar-refractivity contribution in [1.82, 2.24) is 14.8 Å². The second-order valence-electron chi connectivity index (χ2n) is 5.76. The van der Waals surface area contributed by atoms with Gasteiger partial charge in [-0.15, -0.1) is 10.2 Å². The van der Waals surface area contributed by atoms with Crippen LogP contribution in [-0.2, 0) is 18.3 Å². The number of nitrogens with one attached hydrogen (secondary N) is 1. The summed E-state index contributed by atoms with van der Waals surface area (Å²) in [6, 6.07) is 7.76. The van der Waals surface area contributed by atoms with Crippen LogP contribution in [-0.4, -0.2) is 26.4 Å². The maximum atomic E-state index is 12.0. The molecule has 0 aliphatic carbocycles. The number of aryl methyl sites for hydroxylation is 1. The van der Waals surface area contributed by atoms with Gasteiger partial charge in [0.15, 0.2) is 5.16 Å². The van der Waals surface area contributed by atoms with Gasteiger partial charge in [0.1, 0.15) is 5.82 Å². The highest BCUT2D eigenvalue weighted by Crippen LogP contribution is 2.18. The number of nitrogens with zero attached hydrogens (tertiary/aromatic N) is 3. The van der Waals surface area contributed by atoms with Gasteiger partial charge in [-0.2, -0.15) is 0 Å². The number of thioether (sulfide) groups is 1. The van der Waals surface area contributed by atoms with Gasteiger partial charge in [-0.05, 0) is 25.0 Å². The van der Waals surface area contributed by atoms with Gasteiger partial charge in [0.2, 0.25) is 5.91 Å². The first-order valence-electron chi connectivity index (χ1n) is 7.33. The Balaban J connectivity index is 1.88. The maximum absolute atomic E-state index is 12.0. The van der Waals surface area contributed by atoms with Crippen LogP contribution in [0.2, 0.25) is 0 Å². The molecule has 22 heavy (non-hydrogen) atoms. The van der Waals surface area contributed by atoms with Crippen molar-refractivity contribution in [2.75, 3.05) is 11.1 Å². The van der Waals surface area contributed by atoms with Gasteiger partial charge in [0.25, 0.3) is 0 Å². The molecule has 0 saturated heterocycles. The van der Waals surface area contributed by atoms with Crippen molar-refractivity contribution >= 4 is 23.4 Å². The summed E-state index contributed by atoms with van der Waals surface area (Å²) in [7, 11) is 1.94. The van der Waals surface area contributed by atoms with E-state index in [1.54, 1.807) is 0 Å². The highest BCUT2D eigenvalue weighted by molar-refractivity contribution is 7.99. The van der Waals surface area contributed by atoms with E-state index >= 15 is 0 Å². The molecule has 0 unspecified atom stereocenters. The first-order valence-corrected chi connectivity index (χ1v) is 8.32. The van der Waals surface area contributed by atoms with E-state index in [4.69, 9.17) is 0 Å². The summed E-state index contributed by atoms with van der Waals surface area (Å²) in [4.78, 5) is 12.0. The summed E-state index contributed by atoms with van der Waals surface area (Å²) in [5, 5.41) is 12.0. The van der Waals surface area contributed by atoms with Gasteiger partial charge in [-0.1, -0.05) is 43.3 Å². The number of benzene rings is 1. The third-order valence-corrected chi connectivity index (χ3v) is 4.20. The van der Waals surface area contributed by atoms with Crippen molar-refractivity contribution in [2.24, 2.45) is 13.0 Å². The first kappa shape index (κ1) is 16.5. The molecule has 1 aromatic carbocycles. The zero-order chi connectivity index (χ0) is 16.1. The monoisotopic (exact) mass is 318 g/mol. The lowest BCUT2D eigenvalue weighted by Crippen LogP contribution is -2.14. The zero-order valence-electron chi connectivity index (χ0n) is 13.5. The number of anilines is 1. The number of carbonyl (C=O) groups excluding carboxylic acids is 1. The van der Waals surface area contributed by atoms with E-state index in [-0.39, 0.29) is 5.91 Å². The number of aromatic nitrogens is 3. The van der Waals surface area contributed by atoms with E-state index in [0.29, 0.717) is 11.7 Å². The van der Waals surface area contributed by atoms with E-state index in [0.717, 1.165) is 23.1 Å². The van der Waals surface area contributed by atoms with Crippen LogP contribution in [0.3, 0.4) is 0 Å². The van der Waals surface area contributed by atoms with Crippen LogP contribution in [0, 0.1) is 12.8 Å². The van der Waals surface area contributed by atoms with Crippen LogP contribution >= 0.6 is 11.8 Å². The Morgan fingerprint density at radius 3 is 2.59 bits per heavy atom. The quantitative estimate of drug-likeness (QED) is 0.832. The van der Waals surface area contributed by atoms with Gasteiger partial charge in [-0.25, -0.2) is 0 Å². The molecule has 0 spiro atoms. The van der Waals surface area contributed by atoms with E-state index in [1.165, 1.54) is 17.3 Å². The lowest BCUT2D eigenvalue weighted by atomic mass is 10.1. The van der Waals surface area contributed by atoms with Crippen molar-refractivity contribution in [3.05, 3.63) is 35.7 Å². The minimum Gasteiger partial charge on any atom is -0.325 e. The molecule has 1 N–H and O–H groups in total. The summed E-state index contributed by atoms with van der Waals surface area (Å²) in [6.07, 6.45) is 0.889. The standard InChI is InChI=1S/C16H22N4OS/c1-11(2)9-14-18-19-16(20(14)4)22-10-15(21)17-13-7-5-12(3)6-8-13/h5-8,11H,9-10H2,1-4H3,(H,17,21). The molecule has 5 nitrogen and oxygen atoms in total. The minimum atomic E-state index is -0.0396. The second-order valence-corrected chi connectivity index (χ2v) is 6.70. The molecule has 118 valence electrons. The van der Waals surface area contributed by atoms with Crippen molar-refractivity contribution in [2.45, 2.75) is 32.3 Å². The number of amides is 1. The van der Waals surface area contributed by atoms with Crippen LogP contribution in [0.25, 0.3) is 0 Å². The Hall–Kier alpha value is -1.82. The molecule has 0 bridgehead atoms. The smallest absolute Gasteiger partial charge is 0.234 e. The molecule has 1 amide bonds. The lowest BCUT2D eigenvalue weighted by Gasteiger charge is -2.06. The Morgan fingerprint density at radius 1 is 1.27 bits per heavy atom. The number of hydrogen-bond acceptors (Lipinski definition) is 4. The molecule has 1 heterocycles. The van der Waals surface area contributed by atoms with Gasteiger partial charge in [0, 0.05) is 19.2 Å². The van der Waals surface area contributed by atoms with Gasteiger partial charge >= 0.3 is 0 Å². The minimum absolute atomic E-state index is 0.0396. The summed E-state index contributed by atoms with van der Waals surface area (Å²) in [5.74, 6) is 1.77. The van der Waals surface area contributed by atoms with E-state index < -0.39 is 0 Å².